The maximum atomic E-state index is 10.1. The third-order valence-electron chi connectivity index (χ3n) is 3.14. The first-order valence-electron chi connectivity index (χ1n) is 6.02. The Hall–Kier alpha value is -1.18. The van der Waals surface area contributed by atoms with E-state index in [1.54, 1.807) is 0 Å². The molecule has 0 aliphatic heterocycles. The van der Waals surface area contributed by atoms with Crippen LogP contribution in [-0.4, -0.2) is 10.2 Å². The smallest absolute Gasteiger partial charge is 0.161 e. The first-order chi connectivity index (χ1) is 7.46. The second kappa shape index (κ2) is 3.94. The maximum Gasteiger partial charge on any atom is 0.161 e. The van der Waals surface area contributed by atoms with E-state index in [-0.39, 0.29) is 22.3 Å². The van der Waals surface area contributed by atoms with Crippen LogP contribution in [0.5, 0.6) is 11.5 Å². The average molecular weight is 236 g/mol. The minimum absolute atomic E-state index is 0.0161. The van der Waals surface area contributed by atoms with Gasteiger partial charge in [0.15, 0.2) is 11.5 Å². The Kier molecular flexibility index (Phi) is 3.21. The van der Waals surface area contributed by atoms with E-state index in [0.29, 0.717) is 0 Å². The van der Waals surface area contributed by atoms with Crippen molar-refractivity contribution >= 4 is 0 Å². The molecule has 1 aromatic rings. The Balaban J connectivity index is 3.63. The van der Waals surface area contributed by atoms with Crippen LogP contribution in [0, 0.1) is 6.92 Å². The fraction of sp³-hybridized carbons (Fsp3) is 0.600. The zero-order valence-electron chi connectivity index (χ0n) is 12.0. The van der Waals surface area contributed by atoms with Crippen LogP contribution >= 0.6 is 0 Å². The van der Waals surface area contributed by atoms with Crippen LogP contribution in [0.15, 0.2) is 6.07 Å². The van der Waals surface area contributed by atoms with E-state index in [9.17, 15) is 10.2 Å². The van der Waals surface area contributed by atoms with Crippen molar-refractivity contribution in [3.05, 3.63) is 22.8 Å². The SMILES string of the molecule is Cc1c(C(C)(C)C)cc(C(C)(C)C)c(O)c1O. The van der Waals surface area contributed by atoms with Crippen molar-refractivity contribution in [2.45, 2.75) is 59.3 Å². The highest BCUT2D eigenvalue weighted by molar-refractivity contribution is 5.57. The zero-order valence-corrected chi connectivity index (χ0v) is 12.0. The largest absolute Gasteiger partial charge is 0.504 e. The molecule has 2 nitrogen and oxygen atoms in total. The molecule has 96 valence electrons. The van der Waals surface area contributed by atoms with Gasteiger partial charge in [-0.2, -0.15) is 0 Å². The molecule has 0 saturated carbocycles. The van der Waals surface area contributed by atoms with E-state index < -0.39 is 0 Å². The Morgan fingerprint density at radius 1 is 0.765 bits per heavy atom. The molecule has 0 radical (unpaired) electrons. The number of hydrogen-bond donors (Lipinski definition) is 2. The Bertz CT molecular complexity index is 393. The van der Waals surface area contributed by atoms with Gasteiger partial charge in [-0.1, -0.05) is 47.6 Å². The Morgan fingerprint density at radius 2 is 1.18 bits per heavy atom. The van der Waals surface area contributed by atoms with Crippen molar-refractivity contribution in [1.82, 2.24) is 0 Å². The summed E-state index contributed by atoms with van der Waals surface area (Å²) >= 11 is 0. The monoisotopic (exact) mass is 236 g/mol. The number of rotatable bonds is 0. The highest BCUT2D eigenvalue weighted by Crippen LogP contribution is 2.43. The van der Waals surface area contributed by atoms with E-state index in [0.717, 1.165) is 16.7 Å². The van der Waals surface area contributed by atoms with Crippen LogP contribution in [0.3, 0.4) is 0 Å². The Labute approximate surface area is 104 Å². The predicted molar refractivity (Wildman–Crippen MR) is 71.9 cm³/mol. The van der Waals surface area contributed by atoms with Gasteiger partial charge in [-0.25, -0.2) is 0 Å². The molecule has 0 unspecified atom stereocenters. The number of aromatic hydroxyl groups is 2. The molecule has 0 bridgehead atoms. The molecule has 0 aliphatic rings. The summed E-state index contributed by atoms with van der Waals surface area (Å²) in [6, 6.07) is 2.02. The van der Waals surface area contributed by atoms with Crippen molar-refractivity contribution < 1.29 is 10.2 Å². The molecule has 2 heteroatoms. The van der Waals surface area contributed by atoms with E-state index in [1.165, 1.54) is 0 Å². The van der Waals surface area contributed by atoms with Gasteiger partial charge in [0.2, 0.25) is 0 Å². The summed E-state index contributed by atoms with van der Waals surface area (Å²) in [5.74, 6) is 0.0327. The van der Waals surface area contributed by atoms with Crippen molar-refractivity contribution in [1.29, 1.82) is 0 Å². The third kappa shape index (κ3) is 2.56. The molecule has 0 saturated heterocycles. The normalized spacial score (nSPS) is 12.9. The first kappa shape index (κ1) is 13.9. The molecule has 0 aliphatic carbocycles. The second-order valence-corrected chi connectivity index (χ2v) is 6.79. The van der Waals surface area contributed by atoms with Gasteiger partial charge in [0.1, 0.15) is 0 Å². The summed E-state index contributed by atoms with van der Waals surface area (Å²) in [6.45, 7) is 14.3. The minimum atomic E-state index is -0.185. The molecule has 1 rings (SSSR count). The summed E-state index contributed by atoms with van der Waals surface area (Å²) in [6.07, 6.45) is 0. The van der Waals surface area contributed by atoms with Crippen LogP contribution in [0.25, 0.3) is 0 Å². The van der Waals surface area contributed by atoms with E-state index >= 15 is 0 Å². The van der Waals surface area contributed by atoms with E-state index in [1.807, 2.05) is 33.8 Å². The lowest BCUT2D eigenvalue weighted by molar-refractivity contribution is 0.383. The second-order valence-electron chi connectivity index (χ2n) is 6.79. The zero-order chi connectivity index (χ0) is 13.6. The average Bonchev–Trinajstić information content (AvgIpc) is 2.10. The summed E-state index contributed by atoms with van der Waals surface area (Å²) in [5, 5.41) is 20.1. The summed E-state index contributed by atoms with van der Waals surface area (Å²) < 4.78 is 0. The fourth-order valence-corrected chi connectivity index (χ4v) is 2.10. The number of phenols is 2. The van der Waals surface area contributed by atoms with Crippen molar-refractivity contribution in [2.24, 2.45) is 0 Å². The quantitative estimate of drug-likeness (QED) is 0.668. The lowest BCUT2D eigenvalue weighted by Gasteiger charge is -2.28. The van der Waals surface area contributed by atoms with Gasteiger partial charge in [-0.3, -0.25) is 0 Å². The van der Waals surface area contributed by atoms with Gasteiger partial charge in [0, 0.05) is 5.56 Å². The van der Waals surface area contributed by atoms with Crippen LogP contribution in [0.4, 0.5) is 0 Å². The fourth-order valence-electron chi connectivity index (χ4n) is 2.10. The molecular formula is C15H24O2. The van der Waals surface area contributed by atoms with Crippen LogP contribution in [-0.2, 0) is 10.8 Å². The molecule has 0 fully saturated rings. The summed E-state index contributed by atoms with van der Waals surface area (Å²) in [7, 11) is 0. The van der Waals surface area contributed by atoms with E-state index in [4.69, 9.17) is 0 Å². The number of phenolic OH excluding ortho intramolecular Hbond substituents is 2. The van der Waals surface area contributed by atoms with Crippen molar-refractivity contribution in [2.75, 3.05) is 0 Å². The predicted octanol–water partition coefficient (Wildman–Crippen LogP) is 4.00. The summed E-state index contributed by atoms with van der Waals surface area (Å²) in [4.78, 5) is 0. The standard InChI is InChI=1S/C15H24O2/c1-9-10(14(2,3)4)8-11(15(5,6)7)13(17)12(9)16/h8,16-17H,1-7H3. The van der Waals surface area contributed by atoms with Crippen LogP contribution in [0.2, 0.25) is 0 Å². The molecule has 0 atom stereocenters. The van der Waals surface area contributed by atoms with Crippen LogP contribution < -0.4 is 0 Å². The number of hydrogen-bond acceptors (Lipinski definition) is 2. The molecule has 17 heavy (non-hydrogen) atoms. The van der Waals surface area contributed by atoms with E-state index in [2.05, 4.69) is 20.8 Å². The highest BCUT2D eigenvalue weighted by atomic mass is 16.3. The van der Waals surface area contributed by atoms with Crippen molar-refractivity contribution in [3.8, 4) is 11.5 Å². The highest BCUT2D eigenvalue weighted by Gasteiger charge is 2.27. The maximum absolute atomic E-state index is 10.1. The molecule has 0 aromatic heterocycles. The van der Waals surface area contributed by atoms with Gasteiger partial charge >= 0.3 is 0 Å². The molecule has 2 N–H and O–H groups in total. The molecular weight excluding hydrogens is 212 g/mol. The lowest BCUT2D eigenvalue weighted by Crippen LogP contribution is -2.18. The third-order valence-corrected chi connectivity index (χ3v) is 3.14. The lowest BCUT2D eigenvalue weighted by atomic mass is 9.78. The minimum Gasteiger partial charge on any atom is -0.504 e. The van der Waals surface area contributed by atoms with Crippen LogP contribution in [0.1, 0.15) is 58.2 Å². The Morgan fingerprint density at radius 3 is 1.53 bits per heavy atom. The molecule has 0 heterocycles. The van der Waals surface area contributed by atoms with Crippen molar-refractivity contribution in [3.63, 3.8) is 0 Å². The van der Waals surface area contributed by atoms with Gasteiger partial charge in [-0.15, -0.1) is 0 Å². The number of benzene rings is 1. The molecule has 0 spiro atoms. The first-order valence-corrected chi connectivity index (χ1v) is 6.02. The topological polar surface area (TPSA) is 40.5 Å². The van der Waals surface area contributed by atoms with Gasteiger partial charge in [-0.05, 0) is 28.9 Å². The van der Waals surface area contributed by atoms with Gasteiger partial charge < -0.3 is 10.2 Å². The molecule has 1 aromatic carbocycles. The van der Waals surface area contributed by atoms with Gasteiger partial charge in [0.05, 0.1) is 0 Å². The summed E-state index contributed by atoms with van der Waals surface area (Å²) in [5.41, 5.74) is 2.41. The van der Waals surface area contributed by atoms with Gasteiger partial charge in [0.25, 0.3) is 0 Å². The molecule has 0 amide bonds.